The molecule has 1 saturated heterocycles. The Bertz CT molecular complexity index is 582. The summed E-state index contributed by atoms with van der Waals surface area (Å²) in [6.45, 7) is -1.34. The van der Waals surface area contributed by atoms with Crippen LogP contribution in [0.15, 0.2) is 21.9 Å². The van der Waals surface area contributed by atoms with Gasteiger partial charge in [0.15, 0.2) is 12.4 Å². The summed E-state index contributed by atoms with van der Waals surface area (Å²) < 4.78 is 34.3. The summed E-state index contributed by atoms with van der Waals surface area (Å²) in [5.74, 6) is -0.941. The molecule has 2 N–H and O–H groups in total. The van der Waals surface area contributed by atoms with Crippen molar-refractivity contribution in [2.75, 3.05) is 6.56 Å². The average Bonchev–Trinajstić information content (AvgIpc) is 2.56. The molecule has 0 saturated carbocycles. The third-order valence-corrected chi connectivity index (χ3v) is 2.79. The summed E-state index contributed by atoms with van der Waals surface area (Å²) in [5, 5.41) is 9.28. The highest BCUT2D eigenvalue weighted by Crippen LogP contribution is 2.34. The van der Waals surface area contributed by atoms with Crippen LogP contribution in [0.2, 0.25) is 0 Å². The molecule has 0 aromatic carbocycles. The zero-order chi connectivity index (χ0) is 14.4. The Morgan fingerprint density at radius 2 is 2.41 bits per heavy atom. The van der Waals surface area contributed by atoms with E-state index in [1.165, 1.54) is 6.92 Å². The summed E-state index contributed by atoms with van der Waals surface area (Å²) in [5.41, 5.74) is -1.48. The Labute approximate surface area is 98.5 Å². The highest BCUT2D eigenvalue weighted by Gasteiger charge is 2.43. The van der Waals surface area contributed by atoms with Gasteiger partial charge in [-0.25, -0.2) is 9.18 Å². The third-order valence-electron chi connectivity index (χ3n) is 2.79. The Balaban J connectivity index is 2.37. The van der Waals surface area contributed by atoms with Crippen LogP contribution in [0.25, 0.3) is 0 Å². The lowest BCUT2D eigenvalue weighted by molar-refractivity contribution is -0.0419. The van der Waals surface area contributed by atoms with Crippen molar-refractivity contribution >= 4 is 0 Å². The van der Waals surface area contributed by atoms with Gasteiger partial charge in [0, 0.05) is 18.2 Å². The van der Waals surface area contributed by atoms with E-state index < -0.39 is 42.2 Å². The quantitative estimate of drug-likeness (QED) is 0.730. The Kier molecular flexibility index (Phi) is 2.48. The molecule has 1 aliphatic heterocycles. The minimum atomic E-state index is -2.72. The van der Waals surface area contributed by atoms with Crippen LogP contribution in [0.3, 0.4) is 0 Å². The molecule has 0 aliphatic carbocycles. The SMILES string of the molecule is [2H]C([2H])(O)[C@H]1O[C@@H](n2ccc(=O)[nH]c2=O)[C@H](F)[C@@H]1C. The first-order chi connectivity index (χ1) is 8.71. The van der Waals surface area contributed by atoms with Gasteiger partial charge >= 0.3 is 5.69 Å². The second-order valence-corrected chi connectivity index (χ2v) is 3.90. The smallest absolute Gasteiger partial charge is 0.330 e. The zero-order valence-electron chi connectivity index (χ0n) is 11.0. The van der Waals surface area contributed by atoms with Gasteiger partial charge in [0.1, 0.15) is 0 Å². The molecule has 1 aliphatic rings. The van der Waals surface area contributed by atoms with Crippen LogP contribution in [0.5, 0.6) is 0 Å². The summed E-state index contributed by atoms with van der Waals surface area (Å²) in [6.07, 6.45) is -3.39. The molecule has 0 radical (unpaired) electrons. The molecular formula is C10H13FN2O4. The molecule has 17 heavy (non-hydrogen) atoms. The molecule has 7 heteroatoms. The lowest BCUT2D eigenvalue weighted by Gasteiger charge is -2.15. The van der Waals surface area contributed by atoms with Crippen LogP contribution in [-0.4, -0.2) is 33.5 Å². The van der Waals surface area contributed by atoms with E-state index in [0.717, 1.165) is 16.8 Å². The van der Waals surface area contributed by atoms with E-state index in [9.17, 15) is 19.1 Å². The van der Waals surface area contributed by atoms with E-state index in [2.05, 4.69) is 0 Å². The number of rotatable bonds is 2. The molecule has 2 rings (SSSR count). The third kappa shape index (κ3) is 2.03. The molecule has 1 fully saturated rings. The number of aliphatic hydroxyl groups is 1. The molecule has 2 heterocycles. The predicted octanol–water partition coefficient (Wildman–Crippen LogP) is -0.600. The van der Waals surface area contributed by atoms with E-state index in [4.69, 9.17) is 7.48 Å². The van der Waals surface area contributed by atoms with Crippen molar-refractivity contribution in [3.8, 4) is 0 Å². The molecule has 1 aromatic rings. The Hall–Kier alpha value is -1.47. The Morgan fingerprint density at radius 1 is 1.71 bits per heavy atom. The first-order valence-corrected chi connectivity index (χ1v) is 5.05. The minimum absolute atomic E-state index is 0.628. The number of aromatic amines is 1. The lowest BCUT2D eigenvalue weighted by Crippen LogP contribution is -2.34. The second-order valence-electron chi connectivity index (χ2n) is 3.90. The number of nitrogens with one attached hydrogen (secondary N) is 1. The van der Waals surface area contributed by atoms with Gasteiger partial charge in [-0.15, -0.1) is 0 Å². The van der Waals surface area contributed by atoms with Crippen LogP contribution in [-0.2, 0) is 4.74 Å². The molecule has 0 unspecified atom stereocenters. The van der Waals surface area contributed by atoms with Crippen LogP contribution >= 0.6 is 0 Å². The normalized spacial score (nSPS) is 35.5. The van der Waals surface area contributed by atoms with Crippen LogP contribution in [0.4, 0.5) is 4.39 Å². The van der Waals surface area contributed by atoms with E-state index in [-0.39, 0.29) is 0 Å². The van der Waals surface area contributed by atoms with Crippen molar-refractivity contribution in [1.29, 1.82) is 0 Å². The van der Waals surface area contributed by atoms with Crippen molar-refractivity contribution in [1.82, 2.24) is 9.55 Å². The van der Waals surface area contributed by atoms with Crippen LogP contribution < -0.4 is 11.2 Å². The maximum absolute atomic E-state index is 14.1. The summed E-state index contributed by atoms with van der Waals surface area (Å²) in [4.78, 5) is 24.4. The van der Waals surface area contributed by atoms with Crippen molar-refractivity contribution in [2.24, 2.45) is 5.92 Å². The number of hydrogen-bond acceptors (Lipinski definition) is 4. The first kappa shape index (κ1) is 9.55. The molecule has 4 atom stereocenters. The highest BCUT2D eigenvalue weighted by atomic mass is 19.1. The van der Waals surface area contributed by atoms with E-state index >= 15 is 0 Å². The second kappa shape index (κ2) is 4.42. The highest BCUT2D eigenvalue weighted by molar-refractivity contribution is 4.91. The average molecular weight is 246 g/mol. The standard InChI is InChI=1S/C10H13FN2O4/c1-5-6(4-14)17-9(8(5)11)13-3-2-7(15)12-10(13)16/h2-3,5-6,8-9,14H,4H2,1H3,(H,12,15,16)/t5-,6-,8-,9-/m1/s1/i4D2. The Morgan fingerprint density at radius 3 is 2.94 bits per heavy atom. The lowest BCUT2D eigenvalue weighted by atomic mass is 10.0. The van der Waals surface area contributed by atoms with E-state index in [0.29, 0.717) is 0 Å². The van der Waals surface area contributed by atoms with Gasteiger partial charge in [0.25, 0.3) is 5.56 Å². The predicted molar refractivity (Wildman–Crippen MR) is 56.4 cm³/mol. The van der Waals surface area contributed by atoms with Gasteiger partial charge in [-0.3, -0.25) is 14.3 Å². The first-order valence-electron chi connectivity index (χ1n) is 6.05. The minimum Gasteiger partial charge on any atom is -0.394 e. The molecule has 0 bridgehead atoms. The number of H-pyrrole nitrogens is 1. The van der Waals surface area contributed by atoms with Gasteiger partial charge in [-0.2, -0.15) is 0 Å². The fourth-order valence-electron chi connectivity index (χ4n) is 1.77. The molecule has 6 nitrogen and oxygen atoms in total. The number of alkyl halides is 1. The number of hydrogen-bond donors (Lipinski definition) is 2. The van der Waals surface area contributed by atoms with E-state index in [1.54, 1.807) is 0 Å². The summed E-state index contributed by atoms with van der Waals surface area (Å²) in [7, 11) is 0. The topological polar surface area (TPSA) is 84.3 Å². The monoisotopic (exact) mass is 246 g/mol. The van der Waals surface area contributed by atoms with Gasteiger partial charge < -0.3 is 9.84 Å². The zero-order valence-corrected chi connectivity index (χ0v) is 8.96. The molecule has 1 aromatic heterocycles. The van der Waals surface area contributed by atoms with Crippen molar-refractivity contribution in [3.05, 3.63) is 33.1 Å². The van der Waals surface area contributed by atoms with Gasteiger partial charge in [0.05, 0.1) is 15.4 Å². The molecule has 0 amide bonds. The summed E-state index contributed by atoms with van der Waals surface area (Å²) >= 11 is 0. The number of nitrogens with zero attached hydrogens (tertiary/aromatic N) is 1. The van der Waals surface area contributed by atoms with Gasteiger partial charge in [0.2, 0.25) is 0 Å². The molecule has 0 spiro atoms. The molecular weight excluding hydrogens is 231 g/mol. The largest absolute Gasteiger partial charge is 0.394 e. The van der Waals surface area contributed by atoms with Gasteiger partial charge in [-0.1, -0.05) is 6.92 Å². The number of aromatic nitrogens is 2. The van der Waals surface area contributed by atoms with Gasteiger partial charge in [-0.05, 0) is 0 Å². The maximum Gasteiger partial charge on any atom is 0.330 e. The fraction of sp³-hybridized carbons (Fsp3) is 0.600. The van der Waals surface area contributed by atoms with Crippen molar-refractivity contribution < 1.29 is 17.0 Å². The van der Waals surface area contributed by atoms with Crippen LogP contribution in [0.1, 0.15) is 15.9 Å². The van der Waals surface area contributed by atoms with Crippen LogP contribution in [0, 0.1) is 5.92 Å². The fourth-order valence-corrected chi connectivity index (χ4v) is 1.77. The maximum atomic E-state index is 14.1. The number of halogens is 1. The van der Waals surface area contributed by atoms with Crippen molar-refractivity contribution in [2.45, 2.75) is 25.4 Å². The number of ether oxygens (including phenoxy) is 1. The van der Waals surface area contributed by atoms with E-state index in [1.807, 2.05) is 4.98 Å². The molecule has 94 valence electrons. The van der Waals surface area contributed by atoms with Crippen molar-refractivity contribution in [3.63, 3.8) is 0 Å². The summed E-state index contributed by atoms with van der Waals surface area (Å²) in [6, 6.07) is 1.03.